The molecule has 0 unspecified atom stereocenters. The van der Waals surface area contributed by atoms with Crippen molar-refractivity contribution >= 4 is 11.5 Å². The highest BCUT2D eigenvalue weighted by Gasteiger charge is 2.04. The zero-order chi connectivity index (χ0) is 16.7. The standard InChI is InChI=1S/C19H20FNO2/c1-3-12-23-18-10-8-17(9-11-18)21-14(2)13-19(22)15-4-6-16(20)7-5-15/h4-11,13,21H,3,12H2,1-2H3/b14-13+. The minimum atomic E-state index is -0.356. The predicted molar refractivity (Wildman–Crippen MR) is 90.3 cm³/mol. The van der Waals surface area contributed by atoms with Crippen LogP contribution in [0.4, 0.5) is 10.1 Å². The number of halogens is 1. The molecule has 0 saturated carbocycles. The summed E-state index contributed by atoms with van der Waals surface area (Å²) in [5, 5.41) is 3.15. The second-order valence-electron chi connectivity index (χ2n) is 5.20. The lowest BCUT2D eigenvalue weighted by molar-refractivity contribution is 0.104. The second-order valence-corrected chi connectivity index (χ2v) is 5.20. The first-order valence-corrected chi connectivity index (χ1v) is 7.56. The van der Waals surface area contributed by atoms with Gasteiger partial charge in [-0.15, -0.1) is 0 Å². The van der Waals surface area contributed by atoms with Crippen molar-refractivity contribution in [3.8, 4) is 5.75 Å². The van der Waals surface area contributed by atoms with Gasteiger partial charge in [0.05, 0.1) is 6.61 Å². The number of rotatable bonds is 7. The minimum Gasteiger partial charge on any atom is -0.494 e. The number of carbonyl (C=O) groups excluding carboxylic acids is 1. The van der Waals surface area contributed by atoms with Gasteiger partial charge in [-0.3, -0.25) is 4.79 Å². The third-order valence-electron chi connectivity index (χ3n) is 3.15. The van der Waals surface area contributed by atoms with Crippen LogP contribution in [0.5, 0.6) is 5.75 Å². The molecule has 120 valence electrons. The molecule has 0 spiro atoms. The van der Waals surface area contributed by atoms with Crippen LogP contribution in [0.15, 0.2) is 60.3 Å². The van der Waals surface area contributed by atoms with Crippen LogP contribution in [0.3, 0.4) is 0 Å². The van der Waals surface area contributed by atoms with Crippen molar-refractivity contribution in [2.45, 2.75) is 20.3 Å². The fourth-order valence-corrected chi connectivity index (χ4v) is 2.01. The van der Waals surface area contributed by atoms with Gasteiger partial charge in [-0.05, 0) is 61.9 Å². The van der Waals surface area contributed by atoms with E-state index in [2.05, 4.69) is 12.2 Å². The van der Waals surface area contributed by atoms with Gasteiger partial charge in [0.15, 0.2) is 5.78 Å². The number of ketones is 1. The fourth-order valence-electron chi connectivity index (χ4n) is 2.01. The third kappa shape index (κ3) is 5.25. The van der Waals surface area contributed by atoms with Gasteiger partial charge in [0.1, 0.15) is 11.6 Å². The van der Waals surface area contributed by atoms with Crippen LogP contribution >= 0.6 is 0 Å². The molecule has 0 aliphatic rings. The summed E-state index contributed by atoms with van der Waals surface area (Å²) in [6.07, 6.45) is 2.46. The van der Waals surface area contributed by atoms with Crippen LogP contribution in [0.25, 0.3) is 0 Å². The van der Waals surface area contributed by atoms with Crippen molar-refractivity contribution in [3.63, 3.8) is 0 Å². The first kappa shape index (κ1) is 16.7. The Kier molecular flexibility index (Phi) is 5.92. The molecule has 0 fully saturated rings. The molecule has 23 heavy (non-hydrogen) atoms. The largest absolute Gasteiger partial charge is 0.494 e. The summed E-state index contributed by atoms with van der Waals surface area (Å²) in [6.45, 7) is 4.56. The fraction of sp³-hybridized carbons (Fsp3) is 0.211. The number of ether oxygens (including phenoxy) is 1. The Morgan fingerprint density at radius 2 is 1.78 bits per heavy atom. The van der Waals surface area contributed by atoms with Crippen LogP contribution in [-0.4, -0.2) is 12.4 Å². The van der Waals surface area contributed by atoms with Gasteiger partial charge in [0.25, 0.3) is 0 Å². The topological polar surface area (TPSA) is 38.3 Å². The minimum absolute atomic E-state index is 0.169. The number of benzene rings is 2. The highest BCUT2D eigenvalue weighted by Crippen LogP contribution is 2.17. The molecule has 1 N–H and O–H groups in total. The van der Waals surface area contributed by atoms with Crippen molar-refractivity contribution < 1.29 is 13.9 Å². The quantitative estimate of drug-likeness (QED) is 0.588. The summed E-state index contributed by atoms with van der Waals surface area (Å²) in [5.74, 6) is 0.296. The highest BCUT2D eigenvalue weighted by atomic mass is 19.1. The first-order valence-electron chi connectivity index (χ1n) is 7.56. The summed E-state index contributed by atoms with van der Waals surface area (Å²) in [6, 6.07) is 13.1. The molecule has 2 rings (SSSR count). The van der Waals surface area contributed by atoms with Crippen LogP contribution in [0, 0.1) is 5.82 Å². The summed E-state index contributed by atoms with van der Waals surface area (Å²) < 4.78 is 18.4. The van der Waals surface area contributed by atoms with Gasteiger partial charge in [-0.2, -0.15) is 0 Å². The van der Waals surface area contributed by atoms with E-state index >= 15 is 0 Å². The maximum atomic E-state index is 12.9. The number of carbonyl (C=O) groups is 1. The summed E-state index contributed by atoms with van der Waals surface area (Å²) in [5.41, 5.74) is 2.03. The summed E-state index contributed by atoms with van der Waals surface area (Å²) >= 11 is 0. The van der Waals surface area contributed by atoms with Gasteiger partial charge < -0.3 is 10.1 Å². The molecule has 0 aliphatic heterocycles. The van der Waals surface area contributed by atoms with E-state index in [4.69, 9.17) is 4.74 Å². The molecule has 2 aromatic rings. The number of hydrogen-bond donors (Lipinski definition) is 1. The van der Waals surface area contributed by atoms with E-state index in [0.717, 1.165) is 17.9 Å². The first-order chi connectivity index (χ1) is 11.1. The number of anilines is 1. The molecule has 0 heterocycles. The molecule has 0 bridgehead atoms. The normalized spacial score (nSPS) is 11.2. The van der Waals surface area contributed by atoms with Crippen LogP contribution in [-0.2, 0) is 0 Å². The van der Waals surface area contributed by atoms with Gasteiger partial charge in [-0.1, -0.05) is 6.92 Å². The number of allylic oxidation sites excluding steroid dienone is 2. The van der Waals surface area contributed by atoms with E-state index in [1.807, 2.05) is 31.2 Å². The number of nitrogens with one attached hydrogen (secondary N) is 1. The Morgan fingerprint density at radius 1 is 1.13 bits per heavy atom. The van der Waals surface area contributed by atoms with Crippen molar-refractivity contribution in [2.75, 3.05) is 11.9 Å². The highest BCUT2D eigenvalue weighted by molar-refractivity contribution is 6.05. The summed E-state index contributed by atoms with van der Waals surface area (Å²) in [7, 11) is 0. The van der Waals surface area contributed by atoms with E-state index in [1.165, 1.54) is 30.3 Å². The van der Waals surface area contributed by atoms with Crippen molar-refractivity contribution in [1.82, 2.24) is 0 Å². The average molecular weight is 313 g/mol. The predicted octanol–water partition coefficient (Wildman–Crippen LogP) is 4.81. The van der Waals surface area contributed by atoms with E-state index < -0.39 is 0 Å². The molecule has 0 saturated heterocycles. The average Bonchev–Trinajstić information content (AvgIpc) is 2.54. The zero-order valence-corrected chi connectivity index (χ0v) is 13.3. The van der Waals surface area contributed by atoms with E-state index in [9.17, 15) is 9.18 Å². The van der Waals surface area contributed by atoms with E-state index in [0.29, 0.717) is 17.9 Å². The Hall–Kier alpha value is -2.62. The molecule has 0 aliphatic carbocycles. The van der Waals surface area contributed by atoms with Crippen molar-refractivity contribution in [1.29, 1.82) is 0 Å². The SMILES string of the molecule is CCCOc1ccc(N/C(C)=C/C(=O)c2ccc(F)cc2)cc1. The third-order valence-corrected chi connectivity index (χ3v) is 3.15. The van der Waals surface area contributed by atoms with Gasteiger partial charge in [0, 0.05) is 23.0 Å². The lowest BCUT2D eigenvalue weighted by Gasteiger charge is -2.08. The van der Waals surface area contributed by atoms with Crippen LogP contribution < -0.4 is 10.1 Å². The van der Waals surface area contributed by atoms with Crippen LogP contribution in [0.1, 0.15) is 30.6 Å². The van der Waals surface area contributed by atoms with Gasteiger partial charge in [0.2, 0.25) is 0 Å². The molecule has 0 amide bonds. The smallest absolute Gasteiger partial charge is 0.187 e. The summed E-state index contributed by atoms with van der Waals surface area (Å²) in [4.78, 5) is 12.1. The lowest BCUT2D eigenvalue weighted by atomic mass is 10.1. The van der Waals surface area contributed by atoms with Crippen LogP contribution in [0.2, 0.25) is 0 Å². The molecular formula is C19H20FNO2. The van der Waals surface area contributed by atoms with Crippen molar-refractivity contribution in [2.24, 2.45) is 0 Å². The zero-order valence-electron chi connectivity index (χ0n) is 13.3. The van der Waals surface area contributed by atoms with Gasteiger partial charge in [-0.25, -0.2) is 4.39 Å². The maximum absolute atomic E-state index is 12.9. The second kappa shape index (κ2) is 8.13. The number of hydrogen-bond acceptors (Lipinski definition) is 3. The van der Waals surface area contributed by atoms with E-state index in [1.54, 1.807) is 0 Å². The Balaban J connectivity index is 1.98. The molecule has 2 aromatic carbocycles. The maximum Gasteiger partial charge on any atom is 0.187 e. The molecule has 0 aromatic heterocycles. The molecular weight excluding hydrogens is 293 g/mol. The molecule has 0 radical (unpaired) electrons. The van der Waals surface area contributed by atoms with E-state index in [-0.39, 0.29) is 11.6 Å². The molecule has 3 nitrogen and oxygen atoms in total. The van der Waals surface area contributed by atoms with Gasteiger partial charge >= 0.3 is 0 Å². The Bertz CT molecular complexity index is 676. The Labute approximate surface area is 135 Å². The molecule has 4 heteroatoms. The monoisotopic (exact) mass is 313 g/mol. The molecule has 0 atom stereocenters. The lowest BCUT2D eigenvalue weighted by Crippen LogP contribution is -2.01. The van der Waals surface area contributed by atoms with Crippen molar-refractivity contribution in [3.05, 3.63) is 71.7 Å². The Morgan fingerprint density at radius 3 is 2.39 bits per heavy atom.